The van der Waals surface area contributed by atoms with E-state index in [2.05, 4.69) is 214 Å². The lowest BCUT2D eigenvalue weighted by Crippen LogP contribution is -2.37. The highest BCUT2D eigenvalue weighted by Crippen LogP contribution is 2.62. The fraction of sp³-hybridized carbons (Fsp3) is 0.0182. The smallest absolute Gasteiger partial charge is 0.156 e. The van der Waals surface area contributed by atoms with Gasteiger partial charge in [0.2, 0.25) is 0 Å². The highest BCUT2D eigenvalue weighted by Gasteiger charge is 2.51. The maximum absolute atomic E-state index is 7.36. The van der Waals surface area contributed by atoms with E-state index >= 15 is 0 Å². The van der Waals surface area contributed by atoms with Gasteiger partial charge in [0.05, 0.1) is 44.2 Å². The Bertz CT molecular complexity index is 3770. The SMILES string of the molecule is c1ccc(-n2c3ccccc3c3ccc(-n4c5ccccc5c5ccc6c(c54)Oc4ccccc4C64c5ccccc5-n5c6ccccc6c6cccc4c65)cc32)cc1. The Labute approximate surface area is 339 Å². The molecule has 2 aliphatic heterocycles. The molecule has 0 fully saturated rings. The Hall–Kier alpha value is -7.82. The number of nitrogens with zero attached hydrogens (tertiary/aromatic N) is 3. The second-order valence-corrected chi connectivity index (χ2v) is 16.0. The normalized spacial score (nSPS) is 15.3. The first-order valence-corrected chi connectivity index (χ1v) is 20.4. The van der Waals surface area contributed by atoms with Crippen LogP contribution in [0.3, 0.4) is 0 Å². The molecule has 59 heavy (non-hydrogen) atoms. The van der Waals surface area contributed by atoms with Crippen LogP contribution in [0.1, 0.15) is 22.3 Å². The monoisotopic (exact) mass is 751 g/mol. The fourth-order valence-electron chi connectivity index (χ4n) is 11.1. The van der Waals surface area contributed by atoms with Crippen LogP contribution in [0.25, 0.3) is 82.5 Å². The van der Waals surface area contributed by atoms with Gasteiger partial charge in [-0.3, -0.25) is 0 Å². The molecule has 12 aromatic rings. The molecule has 0 bridgehead atoms. The van der Waals surface area contributed by atoms with Crippen LogP contribution in [-0.2, 0) is 5.41 Å². The summed E-state index contributed by atoms with van der Waals surface area (Å²) < 4.78 is 14.7. The lowest BCUT2D eigenvalue weighted by molar-refractivity contribution is 0.438. The second kappa shape index (κ2) is 11.2. The van der Waals surface area contributed by atoms with E-state index < -0.39 is 5.41 Å². The summed E-state index contributed by atoms with van der Waals surface area (Å²) in [4.78, 5) is 0. The minimum Gasteiger partial charge on any atom is -0.454 e. The number of fused-ring (bicyclic) bond motifs is 18. The van der Waals surface area contributed by atoms with Crippen LogP contribution in [-0.4, -0.2) is 13.7 Å². The van der Waals surface area contributed by atoms with E-state index in [1.807, 2.05) is 0 Å². The highest BCUT2D eigenvalue weighted by molar-refractivity contribution is 6.15. The molecule has 4 nitrogen and oxygen atoms in total. The van der Waals surface area contributed by atoms with E-state index in [4.69, 9.17) is 4.74 Å². The first kappa shape index (κ1) is 31.3. The van der Waals surface area contributed by atoms with E-state index in [1.54, 1.807) is 0 Å². The summed E-state index contributed by atoms with van der Waals surface area (Å²) in [7, 11) is 0. The van der Waals surface area contributed by atoms with Crippen molar-refractivity contribution in [1.29, 1.82) is 0 Å². The summed E-state index contributed by atoms with van der Waals surface area (Å²) in [6.45, 7) is 0. The van der Waals surface area contributed by atoms with Crippen molar-refractivity contribution in [1.82, 2.24) is 13.7 Å². The molecular formula is C55H33N3O. The summed E-state index contributed by atoms with van der Waals surface area (Å²) in [6, 6.07) is 73.4. The molecule has 9 aromatic carbocycles. The fourth-order valence-corrected chi connectivity index (χ4v) is 11.1. The van der Waals surface area contributed by atoms with E-state index in [-0.39, 0.29) is 0 Å². The molecule has 0 radical (unpaired) electrons. The van der Waals surface area contributed by atoms with Crippen molar-refractivity contribution in [3.63, 3.8) is 0 Å². The van der Waals surface area contributed by atoms with Crippen molar-refractivity contribution in [2.75, 3.05) is 0 Å². The highest BCUT2D eigenvalue weighted by atomic mass is 16.5. The van der Waals surface area contributed by atoms with Crippen molar-refractivity contribution in [3.05, 3.63) is 222 Å². The zero-order valence-corrected chi connectivity index (χ0v) is 31.8. The molecule has 0 amide bonds. The minimum absolute atomic E-state index is 0.663. The molecule has 14 rings (SSSR count). The van der Waals surface area contributed by atoms with Gasteiger partial charge in [0, 0.05) is 54.8 Å². The maximum Gasteiger partial charge on any atom is 0.156 e. The molecule has 0 aliphatic carbocycles. The number of benzene rings is 9. The molecule has 0 saturated carbocycles. The third kappa shape index (κ3) is 3.80. The number of para-hydroxylation sites is 7. The second-order valence-electron chi connectivity index (χ2n) is 16.0. The molecule has 3 aromatic heterocycles. The lowest BCUT2D eigenvalue weighted by atomic mass is 9.61. The van der Waals surface area contributed by atoms with Gasteiger partial charge in [-0.25, -0.2) is 0 Å². The Morgan fingerprint density at radius 1 is 0.322 bits per heavy atom. The van der Waals surface area contributed by atoms with Crippen molar-refractivity contribution in [3.8, 4) is 28.6 Å². The van der Waals surface area contributed by atoms with E-state index in [0.29, 0.717) is 0 Å². The van der Waals surface area contributed by atoms with Gasteiger partial charge in [-0.1, -0.05) is 146 Å². The average Bonchev–Trinajstić information content (AvgIpc) is 3.94. The molecule has 274 valence electrons. The minimum atomic E-state index is -0.663. The van der Waals surface area contributed by atoms with Gasteiger partial charge in [0.1, 0.15) is 5.75 Å². The molecule has 1 spiro atoms. The predicted octanol–water partition coefficient (Wildman–Crippen LogP) is 13.8. The number of ether oxygens (including phenoxy) is 1. The summed E-state index contributed by atoms with van der Waals surface area (Å²) in [5.41, 5.74) is 14.6. The van der Waals surface area contributed by atoms with Crippen LogP contribution in [0.5, 0.6) is 11.5 Å². The largest absolute Gasteiger partial charge is 0.454 e. The topological polar surface area (TPSA) is 24.0 Å². The van der Waals surface area contributed by atoms with Crippen molar-refractivity contribution in [2.45, 2.75) is 5.41 Å². The molecule has 0 saturated heterocycles. The molecule has 2 aliphatic rings. The number of aromatic nitrogens is 3. The average molecular weight is 752 g/mol. The quantitative estimate of drug-likeness (QED) is 0.173. The predicted molar refractivity (Wildman–Crippen MR) is 241 cm³/mol. The number of hydrogen-bond acceptors (Lipinski definition) is 1. The van der Waals surface area contributed by atoms with Crippen LogP contribution in [0.15, 0.2) is 200 Å². The zero-order chi connectivity index (χ0) is 38.4. The van der Waals surface area contributed by atoms with Crippen LogP contribution in [0.4, 0.5) is 0 Å². The van der Waals surface area contributed by atoms with Crippen LogP contribution < -0.4 is 4.74 Å². The third-order valence-corrected chi connectivity index (χ3v) is 13.3. The van der Waals surface area contributed by atoms with Crippen molar-refractivity contribution >= 4 is 65.4 Å². The molecule has 4 heteroatoms. The summed E-state index contributed by atoms with van der Waals surface area (Å²) in [5, 5.41) is 7.33. The number of rotatable bonds is 2. The Morgan fingerprint density at radius 3 is 1.68 bits per heavy atom. The first-order valence-electron chi connectivity index (χ1n) is 20.4. The van der Waals surface area contributed by atoms with E-state index in [0.717, 1.165) is 55.9 Å². The van der Waals surface area contributed by atoms with Crippen molar-refractivity contribution < 1.29 is 4.74 Å². The zero-order valence-electron chi connectivity index (χ0n) is 31.8. The molecule has 1 unspecified atom stereocenters. The number of hydrogen-bond donors (Lipinski definition) is 0. The van der Waals surface area contributed by atoms with Gasteiger partial charge in [-0.2, -0.15) is 0 Å². The van der Waals surface area contributed by atoms with Crippen LogP contribution >= 0.6 is 0 Å². The van der Waals surface area contributed by atoms with Crippen molar-refractivity contribution in [2.24, 2.45) is 0 Å². The lowest BCUT2D eigenvalue weighted by Gasteiger charge is -2.45. The van der Waals surface area contributed by atoms with Gasteiger partial charge in [-0.15, -0.1) is 0 Å². The van der Waals surface area contributed by atoms with Gasteiger partial charge < -0.3 is 18.4 Å². The Morgan fingerprint density at radius 2 is 0.881 bits per heavy atom. The summed E-state index contributed by atoms with van der Waals surface area (Å²) in [5.74, 6) is 1.76. The summed E-state index contributed by atoms with van der Waals surface area (Å²) in [6.07, 6.45) is 0. The van der Waals surface area contributed by atoms with E-state index in [1.165, 1.54) is 60.3 Å². The summed E-state index contributed by atoms with van der Waals surface area (Å²) >= 11 is 0. The van der Waals surface area contributed by atoms with Gasteiger partial charge in [-0.05, 0) is 65.7 Å². The standard InChI is InChI=1S/C55H33N3O/c1-2-15-34(16-3-1)56-46-24-9-4-17-36(46)39-30-29-35(33-50(39)56)57-47-25-10-5-19-38(47)41-31-32-45-54(53(41)57)59-51-28-13-8-22-43(51)55(45)42-21-7-12-27-49(42)58-48-26-11-6-18-37(48)40-20-14-23-44(55)52(40)58/h1-33H. The Kier molecular flexibility index (Phi) is 5.93. The van der Waals surface area contributed by atoms with E-state index in [9.17, 15) is 0 Å². The Balaban J connectivity index is 1.15. The van der Waals surface area contributed by atoms with Gasteiger partial charge in [0.25, 0.3) is 0 Å². The molecule has 5 heterocycles. The van der Waals surface area contributed by atoms with Gasteiger partial charge >= 0.3 is 0 Å². The van der Waals surface area contributed by atoms with Crippen LogP contribution in [0.2, 0.25) is 0 Å². The van der Waals surface area contributed by atoms with Crippen LogP contribution in [0, 0.1) is 0 Å². The third-order valence-electron chi connectivity index (χ3n) is 13.3. The molecule has 0 N–H and O–H groups in total. The van der Waals surface area contributed by atoms with Gasteiger partial charge in [0.15, 0.2) is 5.75 Å². The molecule has 1 atom stereocenters. The maximum atomic E-state index is 7.36. The molecular weight excluding hydrogens is 719 g/mol. The first-order chi connectivity index (χ1) is 29.3.